The third-order valence-electron chi connectivity index (χ3n) is 3.29. The van der Waals surface area contributed by atoms with Crippen LogP contribution in [0.25, 0.3) is 10.9 Å². The molecule has 3 nitrogen and oxygen atoms in total. The van der Waals surface area contributed by atoms with E-state index in [1.54, 1.807) is 6.20 Å². The second-order valence-electron chi connectivity index (χ2n) is 4.69. The molecule has 2 aromatic carbocycles. The van der Waals surface area contributed by atoms with Gasteiger partial charge in [0.15, 0.2) is 0 Å². The maximum Gasteiger partial charge on any atom is 0.125 e. The van der Waals surface area contributed by atoms with Crippen LogP contribution < -0.4 is 4.74 Å². The van der Waals surface area contributed by atoms with Gasteiger partial charge in [-0.15, -0.1) is 0 Å². The van der Waals surface area contributed by atoms with Crippen molar-refractivity contribution in [1.29, 1.82) is 0 Å². The quantitative estimate of drug-likeness (QED) is 0.797. The lowest BCUT2D eigenvalue weighted by Crippen LogP contribution is -2.00. The summed E-state index contributed by atoms with van der Waals surface area (Å²) >= 11 is 0. The van der Waals surface area contributed by atoms with Crippen molar-refractivity contribution in [3.8, 4) is 5.75 Å². The lowest BCUT2D eigenvalue weighted by atomic mass is 10.1. The largest absolute Gasteiger partial charge is 0.488 e. The van der Waals surface area contributed by atoms with Gasteiger partial charge < -0.3 is 9.84 Å². The zero-order chi connectivity index (χ0) is 14.7. The van der Waals surface area contributed by atoms with Gasteiger partial charge in [-0.2, -0.15) is 0 Å². The smallest absolute Gasteiger partial charge is 0.125 e. The number of halogens is 1. The number of ether oxygens (including phenoxy) is 1. The molecule has 4 heteroatoms. The van der Waals surface area contributed by atoms with E-state index in [9.17, 15) is 9.50 Å². The van der Waals surface area contributed by atoms with Crippen molar-refractivity contribution in [2.75, 3.05) is 0 Å². The molecule has 0 aliphatic heterocycles. The Kier molecular flexibility index (Phi) is 3.79. The Hall–Kier alpha value is -2.46. The Balaban J connectivity index is 1.87. The fourth-order valence-corrected chi connectivity index (χ4v) is 2.25. The van der Waals surface area contributed by atoms with Crippen molar-refractivity contribution in [3.63, 3.8) is 0 Å². The van der Waals surface area contributed by atoms with Crippen LogP contribution >= 0.6 is 0 Å². The molecular weight excluding hydrogens is 269 g/mol. The molecule has 0 amide bonds. The first kappa shape index (κ1) is 13.5. The molecule has 3 aromatic rings. The summed E-state index contributed by atoms with van der Waals surface area (Å²) in [5.41, 5.74) is 2.26. The molecule has 1 N–H and O–H groups in total. The SMILES string of the molecule is OCc1cc(F)ccc1OCc1cccc2cccnc12. The van der Waals surface area contributed by atoms with Gasteiger partial charge in [0.25, 0.3) is 0 Å². The van der Waals surface area contributed by atoms with Crippen molar-refractivity contribution in [3.05, 3.63) is 71.7 Å². The normalized spacial score (nSPS) is 10.8. The summed E-state index contributed by atoms with van der Waals surface area (Å²) < 4.78 is 18.8. The summed E-state index contributed by atoms with van der Waals surface area (Å²) in [7, 11) is 0. The number of hydrogen-bond acceptors (Lipinski definition) is 3. The maximum absolute atomic E-state index is 13.1. The maximum atomic E-state index is 13.1. The monoisotopic (exact) mass is 283 g/mol. The molecule has 0 saturated heterocycles. The highest BCUT2D eigenvalue weighted by atomic mass is 19.1. The van der Waals surface area contributed by atoms with E-state index in [1.165, 1.54) is 18.2 Å². The first-order valence-corrected chi connectivity index (χ1v) is 6.62. The molecule has 0 unspecified atom stereocenters. The number of aliphatic hydroxyl groups is 1. The highest BCUT2D eigenvalue weighted by Gasteiger charge is 2.07. The number of benzene rings is 2. The van der Waals surface area contributed by atoms with Crippen molar-refractivity contribution >= 4 is 10.9 Å². The number of para-hydroxylation sites is 1. The minimum atomic E-state index is -0.391. The summed E-state index contributed by atoms with van der Waals surface area (Å²) in [5, 5.41) is 10.3. The molecule has 0 fully saturated rings. The Morgan fingerprint density at radius 1 is 1.05 bits per heavy atom. The fourth-order valence-electron chi connectivity index (χ4n) is 2.25. The van der Waals surface area contributed by atoms with E-state index in [1.807, 2.05) is 30.3 Å². The zero-order valence-corrected chi connectivity index (χ0v) is 11.3. The molecule has 106 valence electrons. The van der Waals surface area contributed by atoms with Crippen LogP contribution in [0.5, 0.6) is 5.75 Å². The van der Waals surface area contributed by atoms with Crippen LogP contribution in [0.4, 0.5) is 4.39 Å². The number of aliphatic hydroxyl groups excluding tert-OH is 1. The predicted octanol–water partition coefficient (Wildman–Crippen LogP) is 3.45. The number of hydrogen-bond donors (Lipinski definition) is 1. The van der Waals surface area contributed by atoms with Gasteiger partial charge in [0.1, 0.15) is 18.2 Å². The van der Waals surface area contributed by atoms with Gasteiger partial charge in [-0.05, 0) is 24.3 Å². The predicted molar refractivity (Wildman–Crippen MR) is 78.4 cm³/mol. The Morgan fingerprint density at radius 2 is 1.90 bits per heavy atom. The van der Waals surface area contributed by atoms with Gasteiger partial charge in [0.05, 0.1) is 12.1 Å². The minimum Gasteiger partial charge on any atom is -0.488 e. The zero-order valence-electron chi connectivity index (χ0n) is 11.3. The van der Waals surface area contributed by atoms with Crippen LogP contribution in [-0.4, -0.2) is 10.1 Å². The van der Waals surface area contributed by atoms with Gasteiger partial charge in [-0.1, -0.05) is 24.3 Å². The highest BCUT2D eigenvalue weighted by molar-refractivity contribution is 5.81. The highest BCUT2D eigenvalue weighted by Crippen LogP contribution is 2.23. The average molecular weight is 283 g/mol. The van der Waals surface area contributed by atoms with Gasteiger partial charge in [0, 0.05) is 22.7 Å². The molecule has 0 spiro atoms. The van der Waals surface area contributed by atoms with E-state index in [0.29, 0.717) is 17.9 Å². The van der Waals surface area contributed by atoms with E-state index in [-0.39, 0.29) is 6.61 Å². The second kappa shape index (κ2) is 5.89. The third kappa shape index (κ3) is 2.85. The molecule has 21 heavy (non-hydrogen) atoms. The summed E-state index contributed by atoms with van der Waals surface area (Å²) in [6.07, 6.45) is 1.74. The number of fused-ring (bicyclic) bond motifs is 1. The van der Waals surface area contributed by atoms with Crippen LogP contribution in [0.15, 0.2) is 54.7 Å². The first-order chi connectivity index (χ1) is 10.3. The number of aromatic nitrogens is 1. The minimum absolute atomic E-state index is 0.263. The van der Waals surface area contributed by atoms with Crippen LogP contribution in [0.2, 0.25) is 0 Å². The van der Waals surface area contributed by atoms with E-state index in [0.717, 1.165) is 16.5 Å². The molecular formula is C17H14FNO2. The Bertz CT molecular complexity index is 768. The molecule has 0 atom stereocenters. The second-order valence-corrected chi connectivity index (χ2v) is 4.69. The standard InChI is InChI=1S/C17H14FNO2/c18-15-6-7-16(14(9-15)10-20)21-11-13-4-1-3-12-5-2-8-19-17(12)13/h1-9,20H,10-11H2. The van der Waals surface area contributed by atoms with Gasteiger partial charge in [-0.25, -0.2) is 4.39 Å². The van der Waals surface area contributed by atoms with Crippen molar-refractivity contribution in [1.82, 2.24) is 4.98 Å². The molecule has 0 aliphatic carbocycles. The molecule has 1 heterocycles. The average Bonchev–Trinajstić information content (AvgIpc) is 2.53. The lowest BCUT2D eigenvalue weighted by Gasteiger charge is -2.11. The lowest BCUT2D eigenvalue weighted by molar-refractivity contribution is 0.258. The van der Waals surface area contributed by atoms with Crippen LogP contribution in [-0.2, 0) is 13.2 Å². The molecule has 0 saturated carbocycles. The Labute approximate surface area is 121 Å². The van der Waals surface area contributed by atoms with E-state index >= 15 is 0 Å². The molecule has 1 aromatic heterocycles. The van der Waals surface area contributed by atoms with E-state index in [4.69, 9.17) is 4.74 Å². The fraction of sp³-hybridized carbons (Fsp3) is 0.118. The summed E-state index contributed by atoms with van der Waals surface area (Å²) in [6, 6.07) is 13.9. The van der Waals surface area contributed by atoms with Crippen molar-refractivity contribution < 1.29 is 14.2 Å². The van der Waals surface area contributed by atoms with Gasteiger partial charge >= 0.3 is 0 Å². The number of nitrogens with zero attached hydrogens (tertiary/aromatic N) is 1. The number of rotatable bonds is 4. The van der Waals surface area contributed by atoms with Crippen molar-refractivity contribution in [2.45, 2.75) is 13.2 Å². The first-order valence-electron chi connectivity index (χ1n) is 6.62. The summed E-state index contributed by atoms with van der Waals surface area (Å²) in [5.74, 6) is 0.0880. The van der Waals surface area contributed by atoms with Crippen molar-refractivity contribution in [2.24, 2.45) is 0 Å². The van der Waals surface area contributed by atoms with Crippen LogP contribution in [0.3, 0.4) is 0 Å². The van der Waals surface area contributed by atoms with E-state index < -0.39 is 5.82 Å². The topological polar surface area (TPSA) is 42.4 Å². The molecule has 0 aliphatic rings. The molecule has 3 rings (SSSR count). The molecule has 0 radical (unpaired) electrons. The summed E-state index contributed by atoms with van der Waals surface area (Å²) in [4.78, 5) is 4.36. The van der Waals surface area contributed by atoms with Gasteiger partial charge in [0.2, 0.25) is 0 Å². The van der Waals surface area contributed by atoms with E-state index in [2.05, 4.69) is 4.98 Å². The molecule has 0 bridgehead atoms. The van der Waals surface area contributed by atoms with Crippen LogP contribution in [0, 0.1) is 5.82 Å². The Morgan fingerprint density at radius 3 is 2.76 bits per heavy atom. The van der Waals surface area contributed by atoms with Crippen LogP contribution in [0.1, 0.15) is 11.1 Å². The third-order valence-corrected chi connectivity index (χ3v) is 3.29. The summed E-state index contributed by atoms with van der Waals surface area (Å²) in [6.45, 7) is 0.0495. The van der Waals surface area contributed by atoms with Gasteiger partial charge in [-0.3, -0.25) is 4.98 Å². The number of pyridine rings is 1.